The molecule has 0 aliphatic carbocycles. The van der Waals surface area contributed by atoms with Crippen molar-refractivity contribution in [3.63, 3.8) is 0 Å². The van der Waals surface area contributed by atoms with Gasteiger partial charge in [0.15, 0.2) is 0 Å². The minimum Gasteiger partial charge on any atom is -0.480 e. The molecule has 8 heteroatoms. The number of benzene rings is 1. The van der Waals surface area contributed by atoms with E-state index < -0.39 is 5.97 Å². The number of nitrogens with zero attached hydrogens (tertiary/aromatic N) is 2. The predicted octanol–water partition coefficient (Wildman–Crippen LogP) is 1.28. The fraction of sp³-hybridized carbons (Fsp3) is 0.353. The largest absolute Gasteiger partial charge is 0.480 e. The summed E-state index contributed by atoms with van der Waals surface area (Å²) in [5, 5.41) is 18.0. The number of aromatic nitrogens is 2. The van der Waals surface area contributed by atoms with Gasteiger partial charge >= 0.3 is 5.97 Å². The number of halogens is 1. The van der Waals surface area contributed by atoms with Gasteiger partial charge in [0.05, 0.1) is 12.2 Å². The molecule has 0 bridgehead atoms. The zero-order valence-electron chi connectivity index (χ0n) is 14.0. The lowest BCUT2D eigenvalue weighted by molar-refractivity contribution is -0.138. The molecule has 7 nitrogen and oxygen atoms in total. The van der Waals surface area contributed by atoms with E-state index in [0.717, 1.165) is 24.1 Å². The molecule has 1 aromatic carbocycles. The topological polar surface area (TPSA) is 98.3 Å². The second kappa shape index (κ2) is 8.93. The van der Waals surface area contributed by atoms with Gasteiger partial charge in [-0.2, -0.15) is 5.10 Å². The first kappa shape index (κ1) is 18.6. The van der Waals surface area contributed by atoms with Gasteiger partial charge in [-0.1, -0.05) is 12.1 Å². The number of H-pyrrole nitrogens is 1. The second-order valence-corrected chi connectivity index (χ2v) is 5.80. The summed E-state index contributed by atoms with van der Waals surface area (Å²) >= 11 is 0. The average molecular weight is 348 g/mol. The fourth-order valence-electron chi connectivity index (χ4n) is 2.38. The number of carboxylic acid groups (broad SMARTS) is 1. The number of likely N-dealkylation sites (N-methyl/N-ethyl adjacent to an activating group) is 1. The molecule has 1 heterocycles. The molecule has 3 N–H and O–H groups in total. The summed E-state index contributed by atoms with van der Waals surface area (Å²) in [4.78, 5) is 23.7. The number of hydrogen-bond acceptors (Lipinski definition) is 4. The number of carbonyl (C=O) groups excluding carboxylic acids is 1. The van der Waals surface area contributed by atoms with Crippen molar-refractivity contribution in [2.45, 2.75) is 12.8 Å². The lowest BCUT2D eigenvalue weighted by atomic mass is 10.1. The molecule has 0 spiro atoms. The van der Waals surface area contributed by atoms with E-state index in [9.17, 15) is 14.0 Å². The summed E-state index contributed by atoms with van der Waals surface area (Å²) in [5.41, 5.74) is 2.34. The minimum atomic E-state index is -1.07. The average Bonchev–Trinajstić information content (AvgIpc) is 3.02. The Kier molecular flexibility index (Phi) is 6.64. The van der Waals surface area contributed by atoms with Gasteiger partial charge < -0.3 is 10.4 Å². The molecule has 1 amide bonds. The van der Waals surface area contributed by atoms with E-state index in [1.54, 1.807) is 19.2 Å². The van der Waals surface area contributed by atoms with Crippen LogP contribution >= 0.6 is 0 Å². The first-order chi connectivity index (χ1) is 11.9. The number of amides is 1. The summed E-state index contributed by atoms with van der Waals surface area (Å²) in [5.74, 6) is -1.69. The number of aryl methyl sites for hydroxylation is 1. The van der Waals surface area contributed by atoms with Crippen LogP contribution in [0.2, 0.25) is 0 Å². The fourth-order valence-corrected chi connectivity index (χ4v) is 2.38. The maximum absolute atomic E-state index is 13.2. The summed E-state index contributed by atoms with van der Waals surface area (Å²) in [7, 11) is 1.80. The molecule has 0 saturated heterocycles. The van der Waals surface area contributed by atoms with E-state index in [-0.39, 0.29) is 24.8 Å². The Bertz CT molecular complexity index is 732. The quantitative estimate of drug-likeness (QED) is 0.634. The maximum Gasteiger partial charge on any atom is 0.322 e. The maximum atomic E-state index is 13.2. The zero-order valence-corrected chi connectivity index (χ0v) is 14.0. The van der Waals surface area contributed by atoms with E-state index in [1.807, 2.05) is 11.0 Å². The molecule has 0 unspecified atom stereocenters. The third-order valence-electron chi connectivity index (χ3n) is 3.59. The third kappa shape index (κ3) is 6.34. The summed E-state index contributed by atoms with van der Waals surface area (Å²) in [6.07, 6.45) is 1.54. The predicted molar refractivity (Wildman–Crippen MR) is 90.4 cm³/mol. The lowest BCUT2D eigenvalue weighted by Crippen LogP contribution is -2.38. The van der Waals surface area contributed by atoms with Crippen LogP contribution in [-0.2, 0) is 16.0 Å². The van der Waals surface area contributed by atoms with Crippen molar-refractivity contribution in [1.82, 2.24) is 20.4 Å². The number of carbonyl (C=O) groups is 2. The number of hydrogen-bond donors (Lipinski definition) is 3. The molecule has 0 atom stereocenters. The van der Waals surface area contributed by atoms with Gasteiger partial charge in [-0.15, -0.1) is 0 Å². The molecule has 0 radical (unpaired) electrons. The Hall–Kier alpha value is -2.74. The first-order valence-electron chi connectivity index (χ1n) is 7.91. The monoisotopic (exact) mass is 348 g/mol. The summed E-state index contributed by atoms with van der Waals surface area (Å²) < 4.78 is 13.2. The highest BCUT2D eigenvalue weighted by molar-refractivity contribution is 5.82. The molecule has 25 heavy (non-hydrogen) atoms. The highest BCUT2D eigenvalue weighted by atomic mass is 19.1. The van der Waals surface area contributed by atoms with Crippen molar-refractivity contribution in [1.29, 1.82) is 0 Å². The smallest absolute Gasteiger partial charge is 0.322 e. The lowest BCUT2D eigenvalue weighted by Gasteiger charge is -2.15. The van der Waals surface area contributed by atoms with E-state index in [4.69, 9.17) is 5.11 Å². The van der Waals surface area contributed by atoms with Crippen LogP contribution in [0, 0.1) is 5.82 Å². The normalized spacial score (nSPS) is 10.8. The number of carboxylic acids is 1. The van der Waals surface area contributed by atoms with Gasteiger partial charge in [0.2, 0.25) is 5.91 Å². The number of rotatable bonds is 9. The second-order valence-electron chi connectivity index (χ2n) is 5.80. The standard InChI is InChI=1S/C17H21FN4O3/c1-22(11-16(23)19-10-17(24)25)7-3-6-14-9-15(21-20-14)12-4-2-5-13(18)8-12/h2,4-5,8-9H,3,6-7,10-11H2,1H3,(H,19,23)(H,20,21)(H,24,25). The third-order valence-corrected chi connectivity index (χ3v) is 3.59. The van der Waals surface area contributed by atoms with Crippen LogP contribution in [0.3, 0.4) is 0 Å². The molecule has 2 rings (SSSR count). The highest BCUT2D eigenvalue weighted by Crippen LogP contribution is 2.19. The van der Waals surface area contributed by atoms with E-state index in [0.29, 0.717) is 12.2 Å². The van der Waals surface area contributed by atoms with Gasteiger partial charge in [-0.05, 0) is 44.6 Å². The number of aliphatic carboxylic acids is 1. The number of aromatic amines is 1. The van der Waals surface area contributed by atoms with Gasteiger partial charge in [0.1, 0.15) is 12.4 Å². The highest BCUT2D eigenvalue weighted by Gasteiger charge is 2.09. The van der Waals surface area contributed by atoms with Gasteiger partial charge in [0, 0.05) is 11.3 Å². The van der Waals surface area contributed by atoms with Gasteiger partial charge in [-0.3, -0.25) is 19.6 Å². The Balaban J connectivity index is 1.75. The molecule has 0 saturated carbocycles. The molecule has 2 aromatic rings. The molecular formula is C17H21FN4O3. The Morgan fingerprint density at radius 1 is 1.36 bits per heavy atom. The summed E-state index contributed by atoms with van der Waals surface area (Å²) in [6, 6.07) is 8.15. The van der Waals surface area contributed by atoms with Crippen LogP contribution in [-0.4, -0.2) is 58.8 Å². The molecule has 0 fully saturated rings. The minimum absolute atomic E-state index is 0.144. The SMILES string of the molecule is CN(CCCc1cc(-c2cccc(F)c2)n[nH]1)CC(=O)NCC(=O)O. The Morgan fingerprint density at radius 2 is 2.16 bits per heavy atom. The zero-order chi connectivity index (χ0) is 18.2. The van der Waals surface area contributed by atoms with Crippen molar-refractivity contribution >= 4 is 11.9 Å². The van der Waals surface area contributed by atoms with Crippen molar-refractivity contribution in [2.24, 2.45) is 0 Å². The number of nitrogens with one attached hydrogen (secondary N) is 2. The van der Waals surface area contributed by atoms with Crippen molar-refractivity contribution in [3.05, 3.63) is 41.8 Å². The molecule has 134 valence electrons. The van der Waals surface area contributed by atoms with E-state index in [2.05, 4.69) is 15.5 Å². The molecule has 0 aliphatic heterocycles. The van der Waals surface area contributed by atoms with Crippen LogP contribution in [0.1, 0.15) is 12.1 Å². The Labute approximate surface area is 144 Å². The van der Waals surface area contributed by atoms with E-state index in [1.165, 1.54) is 12.1 Å². The Morgan fingerprint density at radius 3 is 2.88 bits per heavy atom. The van der Waals surface area contributed by atoms with Crippen LogP contribution in [0.4, 0.5) is 4.39 Å². The van der Waals surface area contributed by atoms with Crippen LogP contribution in [0.5, 0.6) is 0 Å². The summed E-state index contributed by atoms with van der Waals surface area (Å²) in [6.45, 7) is 0.448. The van der Waals surface area contributed by atoms with Gasteiger partial charge in [-0.25, -0.2) is 4.39 Å². The first-order valence-corrected chi connectivity index (χ1v) is 7.91. The van der Waals surface area contributed by atoms with E-state index >= 15 is 0 Å². The van der Waals surface area contributed by atoms with Crippen molar-refractivity contribution < 1.29 is 19.1 Å². The van der Waals surface area contributed by atoms with Crippen molar-refractivity contribution in [3.8, 4) is 11.3 Å². The van der Waals surface area contributed by atoms with Crippen LogP contribution < -0.4 is 5.32 Å². The van der Waals surface area contributed by atoms with Crippen molar-refractivity contribution in [2.75, 3.05) is 26.7 Å². The van der Waals surface area contributed by atoms with Crippen LogP contribution in [0.25, 0.3) is 11.3 Å². The molecule has 0 aliphatic rings. The molecular weight excluding hydrogens is 327 g/mol. The van der Waals surface area contributed by atoms with Gasteiger partial charge in [0.25, 0.3) is 0 Å². The molecule has 1 aromatic heterocycles. The van der Waals surface area contributed by atoms with Crippen LogP contribution in [0.15, 0.2) is 30.3 Å².